The second-order valence-electron chi connectivity index (χ2n) is 4.78. The van der Waals surface area contributed by atoms with Gasteiger partial charge in [0, 0.05) is 16.6 Å². The van der Waals surface area contributed by atoms with Gasteiger partial charge < -0.3 is 10.1 Å². The van der Waals surface area contributed by atoms with Crippen LogP contribution in [-0.4, -0.2) is 7.05 Å². The zero-order chi connectivity index (χ0) is 14.4. The molecule has 0 unspecified atom stereocenters. The van der Waals surface area contributed by atoms with Crippen LogP contribution in [0, 0.1) is 0 Å². The van der Waals surface area contributed by atoms with Crippen LogP contribution in [0.5, 0.6) is 11.5 Å². The molecule has 0 aliphatic carbocycles. The van der Waals surface area contributed by atoms with Crippen LogP contribution >= 0.6 is 15.9 Å². The first-order valence-electron chi connectivity index (χ1n) is 6.92. The molecule has 0 amide bonds. The summed E-state index contributed by atoms with van der Waals surface area (Å²) in [5, 5.41) is 3.16. The summed E-state index contributed by atoms with van der Waals surface area (Å²) in [6.07, 6.45) is 2.28. The topological polar surface area (TPSA) is 21.3 Å². The quantitative estimate of drug-likeness (QED) is 0.810. The van der Waals surface area contributed by atoms with E-state index in [1.165, 1.54) is 5.56 Å². The average Bonchev–Trinajstić information content (AvgIpc) is 2.44. The summed E-state index contributed by atoms with van der Waals surface area (Å²) in [5.41, 5.74) is 2.50. The van der Waals surface area contributed by atoms with Crippen molar-refractivity contribution in [3.63, 3.8) is 0 Å². The number of halogens is 1. The smallest absolute Gasteiger partial charge is 0.133 e. The molecule has 2 aromatic rings. The van der Waals surface area contributed by atoms with E-state index in [1.807, 2.05) is 31.3 Å². The van der Waals surface area contributed by atoms with Crippen LogP contribution in [0.2, 0.25) is 0 Å². The van der Waals surface area contributed by atoms with E-state index in [1.54, 1.807) is 0 Å². The van der Waals surface area contributed by atoms with Crippen molar-refractivity contribution in [2.45, 2.75) is 26.3 Å². The SMILES string of the molecule is CCCc1ccc(Oc2cc(Br)ccc2CNC)cc1. The number of hydrogen-bond donors (Lipinski definition) is 1. The van der Waals surface area contributed by atoms with Crippen molar-refractivity contribution in [1.82, 2.24) is 5.32 Å². The zero-order valence-electron chi connectivity index (χ0n) is 11.9. The highest BCUT2D eigenvalue weighted by molar-refractivity contribution is 9.10. The molecule has 3 heteroatoms. The predicted octanol–water partition coefficient (Wildman–Crippen LogP) is 4.91. The van der Waals surface area contributed by atoms with Gasteiger partial charge in [-0.05, 0) is 43.3 Å². The maximum atomic E-state index is 6.01. The van der Waals surface area contributed by atoms with E-state index in [9.17, 15) is 0 Å². The Morgan fingerprint density at radius 1 is 1.10 bits per heavy atom. The lowest BCUT2D eigenvalue weighted by atomic mass is 10.1. The maximum absolute atomic E-state index is 6.01. The minimum atomic E-state index is 0.788. The molecule has 2 aromatic carbocycles. The molecule has 0 spiro atoms. The van der Waals surface area contributed by atoms with Crippen LogP contribution in [0.3, 0.4) is 0 Å². The molecular formula is C17H20BrNO. The second kappa shape index (κ2) is 7.46. The van der Waals surface area contributed by atoms with E-state index < -0.39 is 0 Å². The lowest BCUT2D eigenvalue weighted by Crippen LogP contribution is -2.06. The number of nitrogens with one attached hydrogen (secondary N) is 1. The first kappa shape index (κ1) is 15.1. The lowest BCUT2D eigenvalue weighted by Gasteiger charge is -2.12. The van der Waals surface area contributed by atoms with Gasteiger partial charge in [0.15, 0.2) is 0 Å². The van der Waals surface area contributed by atoms with Crippen LogP contribution in [0.1, 0.15) is 24.5 Å². The van der Waals surface area contributed by atoms with Gasteiger partial charge in [-0.15, -0.1) is 0 Å². The first-order chi connectivity index (χ1) is 9.72. The maximum Gasteiger partial charge on any atom is 0.133 e. The molecule has 0 heterocycles. The van der Waals surface area contributed by atoms with Gasteiger partial charge in [-0.2, -0.15) is 0 Å². The average molecular weight is 334 g/mol. The Labute approximate surface area is 129 Å². The molecule has 0 aliphatic rings. The van der Waals surface area contributed by atoms with Crippen molar-refractivity contribution in [3.8, 4) is 11.5 Å². The van der Waals surface area contributed by atoms with Gasteiger partial charge in [0.25, 0.3) is 0 Å². The molecule has 20 heavy (non-hydrogen) atoms. The molecule has 0 radical (unpaired) electrons. The van der Waals surface area contributed by atoms with Crippen LogP contribution in [0.4, 0.5) is 0 Å². The first-order valence-corrected chi connectivity index (χ1v) is 7.72. The second-order valence-corrected chi connectivity index (χ2v) is 5.69. The van der Waals surface area contributed by atoms with Crippen LogP contribution in [0.15, 0.2) is 46.9 Å². The van der Waals surface area contributed by atoms with Crippen molar-refractivity contribution >= 4 is 15.9 Å². The van der Waals surface area contributed by atoms with Gasteiger partial charge in [0.05, 0.1) is 0 Å². The van der Waals surface area contributed by atoms with Crippen molar-refractivity contribution in [3.05, 3.63) is 58.1 Å². The lowest BCUT2D eigenvalue weighted by molar-refractivity contribution is 0.473. The standard InChI is InChI=1S/C17H20BrNO/c1-3-4-13-5-9-16(10-6-13)20-17-11-15(18)8-7-14(17)12-19-2/h5-11,19H,3-4,12H2,1-2H3. The molecule has 0 saturated heterocycles. The number of rotatable bonds is 6. The Morgan fingerprint density at radius 3 is 2.50 bits per heavy atom. The molecule has 2 nitrogen and oxygen atoms in total. The number of hydrogen-bond acceptors (Lipinski definition) is 2. The summed E-state index contributed by atoms with van der Waals surface area (Å²) in [7, 11) is 1.94. The van der Waals surface area contributed by atoms with E-state index in [4.69, 9.17) is 4.74 Å². The predicted molar refractivity (Wildman–Crippen MR) is 87.4 cm³/mol. The summed E-state index contributed by atoms with van der Waals surface area (Å²) < 4.78 is 7.03. The summed E-state index contributed by atoms with van der Waals surface area (Å²) in [6.45, 7) is 2.98. The monoisotopic (exact) mass is 333 g/mol. The fourth-order valence-corrected chi connectivity index (χ4v) is 2.44. The van der Waals surface area contributed by atoms with Gasteiger partial charge in [0.2, 0.25) is 0 Å². The fourth-order valence-electron chi connectivity index (χ4n) is 2.10. The minimum absolute atomic E-state index is 0.788. The highest BCUT2D eigenvalue weighted by atomic mass is 79.9. The van der Waals surface area contributed by atoms with Crippen LogP contribution in [-0.2, 0) is 13.0 Å². The molecule has 0 saturated carbocycles. The number of aryl methyl sites for hydroxylation is 1. The van der Waals surface area contributed by atoms with Crippen molar-refractivity contribution in [1.29, 1.82) is 0 Å². The van der Waals surface area contributed by atoms with E-state index in [-0.39, 0.29) is 0 Å². The molecule has 0 aromatic heterocycles. The molecule has 0 bridgehead atoms. The van der Waals surface area contributed by atoms with E-state index in [0.717, 1.165) is 40.9 Å². The molecule has 0 atom stereocenters. The third kappa shape index (κ3) is 4.09. The molecule has 2 rings (SSSR count). The Bertz CT molecular complexity index is 551. The summed E-state index contributed by atoms with van der Waals surface area (Å²) in [6, 6.07) is 14.4. The number of ether oxygens (including phenoxy) is 1. The summed E-state index contributed by atoms with van der Waals surface area (Å²) in [4.78, 5) is 0. The van der Waals surface area contributed by atoms with Crippen LogP contribution < -0.4 is 10.1 Å². The van der Waals surface area contributed by atoms with Crippen LogP contribution in [0.25, 0.3) is 0 Å². The molecule has 1 N–H and O–H groups in total. The third-order valence-electron chi connectivity index (χ3n) is 3.09. The van der Waals surface area contributed by atoms with E-state index in [2.05, 4.69) is 46.4 Å². The van der Waals surface area contributed by atoms with Gasteiger partial charge in [-0.25, -0.2) is 0 Å². The Kier molecular flexibility index (Phi) is 5.62. The Hall–Kier alpha value is -1.32. The Balaban J connectivity index is 2.18. The zero-order valence-corrected chi connectivity index (χ0v) is 13.5. The van der Waals surface area contributed by atoms with Crippen molar-refractivity contribution in [2.24, 2.45) is 0 Å². The number of benzene rings is 2. The highest BCUT2D eigenvalue weighted by Gasteiger charge is 2.05. The van der Waals surface area contributed by atoms with Crippen molar-refractivity contribution < 1.29 is 4.74 Å². The molecule has 0 fully saturated rings. The summed E-state index contributed by atoms with van der Waals surface area (Å²) in [5.74, 6) is 1.76. The van der Waals surface area contributed by atoms with Gasteiger partial charge in [-0.3, -0.25) is 0 Å². The Morgan fingerprint density at radius 2 is 1.85 bits per heavy atom. The molecular weight excluding hydrogens is 314 g/mol. The van der Waals surface area contributed by atoms with E-state index in [0.29, 0.717) is 0 Å². The van der Waals surface area contributed by atoms with Crippen molar-refractivity contribution in [2.75, 3.05) is 7.05 Å². The largest absolute Gasteiger partial charge is 0.457 e. The summed E-state index contributed by atoms with van der Waals surface area (Å²) >= 11 is 3.49. The fraction of sp³-hybridized carbons (Fsp3) is 0.294. The normalized spacial score (nSPS) is 10.6. The van der Waals surface area contributed by atoms with Gasteiger partial charge in [0.1, 0.15) is 11.5 Å². The third-order valence-corrected chi connectivity index (χ3v) is 3.58. The molecule has 106 valence electrons. The van der Waals surface area contributed by atoms with E-state index >= 15 is 0 Å². The highest BCUT2D eigenvalue weighted by Crippen LogP contribution is 2.29. The molecule has 0 aliphatic heterocycles. The van der Waals surface area contributed by atoms with Gasteiger partial charge >= 0.3 is 0 Å². The van der Waals surface area contributed by atoms with Gasteiger partial charge in [-0.1, -0.05) is 47.5 Å². The minimum Gasteiger partial charge on any atom is -0.457 e.